The molecule has 0 aliphatic carbocycles. The van der Waals surface area contributed by atoms with Crippen molar-refractivity contribution in [1.82, 2.24) is 4.72 Å². The fraction of sp³-hybridized carbons (Fsp3) is 0.136. The van der Waals surface area contributed by atoms with E-state index >= 15 is 0 Å². The molecule has 0 fully saturated rings. The Hall–Kier alpha value is -3.41. The number of benzene rings is 2. The van der Waals surface area contributed by atoms with Crippen LogP contribution in [0.15, 0.2) is 52.7 Å². The van der Waals surface area contributed by atoms with Crippen molar-refractivity contribution in [3.63, 3.8) is 0 Å². The summed E-state index contributed by atoms with van der Waals surface area (Å²) in [7, 11) is -2.29. The normalized spacial score (nSPS) is 15.3. The Labute approximate surface area is 204 Å². The van der Waals surface area contributed by atoms with E-state index in [-0.39, 0.29) is 20.5 Å². The van der Waals surface area contributed by atoms with E-state index in [0.717, 1.165) is 21.9 Å². The van der Waals surface area contributed by atoms with Crippen molar-refractivity contribution in [1.29, 1.82) is 0 Å². The van der Waals surface area contributed by atoms with Gasteiger partial charge in [0.05, 0.1) is 5.69 Å². The third-order valence-electron chi connectivity index (χ3n) is 5.13. The van der Waals surface area contributed by atoms with Crippen LogP contribution in [0.1, 0.15) is 26.7 Å². The minimum Gasteiger partial charge on any atom is -0.388 e. The van der Waals surface area contributed by atoms with Crippen LogP contribution in [0.3, 0.4) is 0 Å². The Bertz CT molecular complexity index is 1430. The first kappa shape index (κ1) is 23.7. The Morgan fingerprint density at radius 1 is 1.06 bits per heavy atom. The molecule has 3 aromatic rings. The quantitative estimate of drug-likeness (QED) is 0.374. The molecular formula is C22H19ClN4O5S2. The number of halogens is 1. The summed E-state index contributed by atoms with van der Waals surface area (Å²) >= 11 is 7.39. The highest BCUT2D eigenvalue weighted by atomic mass is 35.5. The Balaban J connectivity index is 1.52. The number of hydrogen-bond acceptors (Lipinski definition) is 7. The zero-order valence-corrected chi connectivity index (χ0v) is 20.3. The molecule has 1 atom stereocenters. The first-order valence-corrected chi connectivity index (χ1v) is 12.6. The Morgan fingerprint density at radius 2 is 1.79 bits per heavy atom. The fourth-order valence-electron chi connectivity index (χ4n) is 3.50. The number of carbonyl (C=O) groups excluding carboxylic acids is 3. The van der Waals surface area contributed by atoms with Crippen LogP contribution < -0.4 is 20.7 Å². The molecule has 0 spiro atoms. The number of sulfonamides is 1. The number of carbonyl (C=O) groups is 3. The molecule has 0 bridgehead atoms. The van der Waals surface area contributed by atoms with Gasteiger partial charge in [0.1, 0.15) is 10.1 Å². The number of nitrogens with one attached hydrogen (secondary N) is 4. The molecule has 1 aliphatic rings. The molecule has 2 aromatic carbocycles. The molecule has 34 heavy (non-hydrogen) atoms. The number of Topliss-reactive ketones (excluding diaryl/α,β-unsaturated/α-hetero) is 1. The fourth-order valence-corrected chi connectivity index (χ4v) is 5.98. The number of hydrogen-bond donors (Lipinski definition) is 4. The topological polar surface area (TPSA) is 133 Å². The monoisotopic (exact) mass is 518 g/mol. The van der Waals surface area contributed by atoms with Crippen molar-refractivity contribution < 1.29 is 22.8 Å². The summed E-state index contributed by atoms with van der Waals surface area (Å²) in [5.74, 6) is -2.09. The largest absolute Gasteiger partial charge is 0.388 e. The van der Waals surface area contributed by atoms with Crippen LogP contribution in [0.2, 0.25) is 5.02 Å². The van der Waals surface area contributed by atoms with Gasteiger partial charge in [-0.2, -0.15) is 0 Å². The van der Waals surface area contributed by atoms with E-state index in [2.05, 4.69) is 16.0 Å². The molecular weight excluding hydrogens is 500 g/mol. The maximum absolute atomic E-state index is 13.0. The van der Waals surface area contributed by atoms with Crippen LogP contribution in [0, 0.1) is 6.92 Å². The Morgan fingerprint density at radius 3 is 2.44 bits per heavy atom. The SMILES string of the molecule is CNc1ccc2c(c1)NC(=O)C(c1ccc(NC(=O)NS(=O)(=O)c3ccc(C)s3)cc1Cl)C2=O. The maximum atomic E-state index is 13.0. The van der Waals surface area contributed by atoms with E-state index in [1.807, 2.05) is 4.72 Å². The number of thiophene rings is 1. The molecule has 3 amide bonds. The van der Waals surface area contributed by atoms with Crippen LogP contribution in [0.4, 0.5) is 21.9 Å². The van der Waals surface area contributed by atoms with Crippen molar-refractivity contribution in [2.45, 2.75) is 17.1 Å². The van der Waals surface area contributed by atoms with Gasteiger partial charge in [-0.05, 0) is 55.0 Å². The minimum absolute atomic E-state index is 0.0115. The predicted molar refractivity (Wildman–Crippen MR) is 132 cm³/mol. The summed E-state index contributed by atoms with van der Waals surface area (Å²) < 4.78 is 26.6. The third kappa shape index (κ3) is 4.63. The molecule has 4 rings (SSSR count). The zero-order valence-electron chi connectivity index (χ0n) is 17.9. The lowest BCUT2D eigenvalue weighted by Crippen LogP contribution is -2.34. The Kier molecular flexibility index (Phi) is 6.34. The maximum Gasteiger partial charge on any atom is 0.333 e. The van der Waals surface area contributed by atoms with Gasteiger partial charge in [0.15, 0.2) is 5.78 Å². The van der Waals surface area contributed by atoms with E-state index in [1.165, 1.54) is 24.3 Å². The second kappa shape index (κ2) is 9.09. The number of amides is 3. The lowest BCUT2D eigenvalue weighted by atomic mass is 9.86. The second-order valence-electron chi connectivity index (χ2n) is 7.46. The van der Waals surface area contributed by atoms with Crippen molar-refractivity contribution in [2.75, 3.05) is 23.0 Å². The number of ketones is 1. The minimum atomic E-state index is -4.02. The van der Waals surface area contributed by atoms with Crippen molar-refractivity contribution in [2.24, 2.45) is 0 Å². The van der Waals surface area contributed by atoms with E-state index < -0.39 is 33.7 Å². The van der Waals surface area contributed by atoms with E-state index in [4.69, 9.17) is 11.6 Å². The van der Waals surface area contributed by atoms with Crippen molar-refractivity contribution in [3.05, 3.63) is 69.6 Å². The molecule has 1 aromatic heterocycles. The molecule has 4 N–H and O–H groups in total. The van der Waals surface area contributed by atoms with Crippen LogP contribution in [0.25, 0.3) is 0 Å². The first-order chi connectivity index (χ1) is 16.1. The molecule has 0 saturated heterocycles. The molecule has 12 heteroatoms. The standard InChI is InChI=1S/C22H19ClN4O5S2/c1-11-3-8-18(33-11)34(31,32)27-22(30)25-13-5-6-14(16(23)9-13)19-20(28)15-7-4-12(24-2)10-17(15)26-21(19)29/h3-10,19,24H,1-2H3,(H,26,29)(H2,25,27,30). The average Bonchev–Trinajstić information content (AvgIpc) is 3.21. The van der Waals surface area contributed by atoms with Gasteiger partial charge >= 0.3 is 6.03 Å². The van der Waals surface area contributed by atoms with Gasteiger partial charge in [0.25, 0.3) is 10.0 Å². The summed E-state index contributed by atoms with van der Waals surface area (Å²) in [5.41, 5.74) is 1.96. The van der Waals surface area contributed by atoms with Gasteiger partial charge < -0.3 is 16.0 Å². The van der Waals surface area contributed by atoms with E-state index in [9.17, 15) is 22.8 Å². The molecule has 1 aliphatic heterocycles. The number of fused-ring (bicyclic) bond motifs is 1. The molecule has 0 saturated carbocycles. The third-order valence-corrected chi connectivity index (χ3v) is 8.28. The van der Waals surface area contributed by atoms with Crippen LogP contribution in [-0.4, -0.2) is 33.2 Å². The highest BCUT2D eigenvalue weighted by Crippen LogP contribution is 2.36. The average molecular weight is 519 g/mol. The molecule has 2 heterocycles. The van der Waals surface area contributed by atoms with Gasteiger partial charge in [-0.15, -0.1) is 11.3 Å². The molecule has 0 radical (unpaired) electrons. The summed E-state index contributed by atoms with van der Waals surface area (Å²) in [5, 5.41) is 8.13. The number of anilines is 3. The zero-order chi connectivity index (χ0) is 24.6. The van der Waals surface area contributed by atoms with Gasteiger partial charge in [0.2, 0.25) is 5.91 Å². The van der Waals surface area contributed by atoms with Gasteiger partial charge in [-0.3, -0.25) is 9.59 Å². The van der Waals surface area contributed by atoms with Crippen LogP contribution >= 0.6 is 22.9 Å². The van der Waals surface area contributed by atoms with Crippen molar-refractivity contribution in [3.8, 4) is 0 Å². The van der Waals surface area contributed by atoms with E-state index in [1.54, 1.807) is 38.2 Å². The highest BCUT2D eigenvalue weighted by molar-refractivity contribution is 7.92. The predicted octanol–water partition coefficient (Wildman–Crippen LogP) is 4.18. The van der Waals surface area contributed by atoms with Gasteiger partial charge in [0, 0.05) is 33.9 Å². The number of urea groups is 1. The number of aryl methyl sites for hydroxylation is 1. The van der Waals surface area contributed by atoms with Gasteiger partial charge in [-0.25, -0.2) is 17.9 Å². The van der Waals surface area contributed by atoms with E-state index in [0.29, 0.717) is 11.3 Å². The van der Waals surface area contributed by atoms with Crippen molar-refractivity contribution >= 4 is 67.7 Å². The molecule has 1 unspecified atom stereocenters. The number of rotatable bonds is 5. The summed E-state index contributed by atoms with van der Waals surface area (Å²) in [6, 6.07) is 11.3. The van der Waals surface area contributed by atoms with Gasteiger partial charge in [-0.1, -0.05) is 17.7 Å². The van der Waals surface area contributed by atoms with Crippen LogP contribution in [-0.2, 0) is 14.8 Å². The molecule has 9 nitrogen and oxygen atoms in total. The highest BCUT2D eigenvalue weighted by Gasteiger charge is 2.37. The lowest BCUT2D eigenvalue weighted by molar-refractivity contribution is -0.116. The second-order valence-corrected chi connectivity index (χ2v) is 11.1. The summed E-state index contributed by atoms with van der Waals surface area (Å²) in [6.07, 6.45) is 0. The van der Waals surface area contributed by atoms with Crippen LogP contribution in [0.5, 0.6) is 0 Å². The lowest BCUT2D eigenvalue weighted by Gasteiger charge is -2.25. The smallest absolute Gasteiger partial charge is 0.333 e. The summed E-state index contributed by atoms with van der Waals surface area (Å²) in [6.45, 7) is 1.75. The summed E-state index contributed by atoms with van der Waals surface area (Å²) in [4.78, 5) is 38.8. The molecule has 176 valence electrons. The first-order valence-electron chi connectivity index (χ1n) is 9.95.